The molecule has 0 aliphatic heterocycles. The van der Waals surface area contributed by atoms with Crippen LogP contribution in [0.4, 0.5) is 5.82 Å². The fraction of sp³-hybridized carbons (Fsp3) is 0.211. The van der Waals surface area contributed by atoms with E-state index in [2.05, 4.69) is 15.0 Å². The Bertz CT molecular complexity index is 842. The van der Waals surface area contributed by atoms with Crippen molar-refractivity contribution in [2.24, 2.45) is 0 Å². The molecule has 3 aromatic rings. The van der Waals surface area contributed by atoms with E-state index in [0.717, 1.165) is 22.8 Å². The number of hydrogen-bond acceptors (Lipinski definition) is 5. The maximum Gasteiger partial charge on any atom is 0.161 e. The zero-order valence-electron chi connectivity index (χ0n) is 14.2. The van der Waals surface area contributed by atoms with Crippen molar-refractivity contribution >= 4 is 17.4 Å². The highest BCUT2D eigenvalue weighted by Crippen LogP contribution is 2.20. The van der Waals surface area contributed by atoms with Gasteiger partial charge in [-0.05, 0) is 37.3 Å². The summed E-state index contributed by atoms with van der Waals surface area (Å²) in [6.07, 6.45) is 3.48. The van der Waals surface area contributed by atoms with Crippen molar-refractivity contribution in [1.82, 2.24) is 15.0 Å². The average Bonchev–Trinajstić information content (AvgIpc) is 2.62. The van der Waals surface area contributed by atoms with Gasteiger partial charge in [0.2, 0.25) is 0 Å². The normalized spacial score (nSPS) is 10.5. The van der Waals surface area contributed by atoms with E-state index in [1.165, 1.54) is 0 Å². The zero-order valence-corrected chi connectivity index (χ0v) is 14.9. The molecule has 0 unspecified atom stereocenters. The molecule has 6 heteroatoms. The van der Waals surface area contributed by atoms with E-state index in [0.29, 0.717) is 24.0 Å². The highest BCUT2D eigenvalue weighted by atomic mass is 35.5. The Kier molecular flexibility index (Phi) is 5.46. The van der Waals surface area contributed by atoms with Crippen LogP contribution in [0.2, 0.25) is 5.02 Å². The van der Waals surface area contributed by atoms with Crippen LogP contribution in [0.5, 0.6) is 5.75 Å². The van der Waals surface area contributed by atoms with Crippen LogP contribution in [-0.2, 0) is 0 Å². The van der Waals surface area contributed by atoms with Crippen LogP contribution in [0.15, 0.2) is 54.9 Å². The summed E-state index contributed by atoms with van der Waals surface area (Å²) in [7, 11) is 1.99. The highest BCUT2D eigenvalue weighted by Gasteiger charge is 2.09. The second-order valence-electron chi connectivity index (χ2n) is 5.65. The first-order chi connectivity index (χ1) is 12.1. The minimum Gasteiger partial charge on any atom is -0.492 e. The maximum absolute atomic E-state index is 5.96. The van der Waals surface area contributed by atoms with Gasteiger partial charge in [0, 0.05) is 41.8 Å². The number of benzene rings is 1. The molecule has 0 fully saturated rings. The molecule has 2 aromatic heterocycles. The topological polar surface area (TPSA) is 51.1 Å². The van der Waals surface area contributed by atoms with Gasteiger partial charge >= 0.3 is 0 Å². The number of ether oxygens (including phenoxy) is 1. The van der Waals surface area contributed by atoms with Crippen molar-refractivity contribution in [3.05, 3.63) is 65.6 Å². The molecular formula is C19H19ClN4O. The number of likely N-dealkylation sites (N-methyl/N-ethyl adjacent to an activating group) is 1. The lowest BCUT2D eigenvalue weighted by atomic mass is 10.2. The molecule has 0 spiro atoms. The molecule has 3 rings (SSSR count). The lowest BCUT2D eigenvalue weighted by Crippen LogP contribution is -2.25. The van der Waals surface area contributed by atoms with Gasteiger partial charge in [-0.25, -0.2) is 9.97 Å². The molecule has 0 N–H and O–H groups in total. The van der Waals surface area contributed by atoms with Crippen molar-refractivity contribution in [3.63, 3.8) is 0 Å². The summed E-state index contributed by atoms with van der Waals surface area (Å²) in [6, 6.07) is 13.2. The molecule has 0 radical (unpaired) electrons. The maximum atomic E-state index is 5.96. The predicted octanol–water partition coefficient (Wildman–Crippen LogP) is 4.02. The van der Waals surface area contributed by atoms with Crippen LogP contribution >= 0.6 is 11.6 Å². The van der Waals surface area contributed by atoms with Gasteiger partial charge in [0.1, 0.15) is 18.2 Å². The van der Waals surface area contributed by atoms with Gasteiger partial charge < -0.3 is 9.64 Å². The van der Waals surface area contributed by atoms with Crippen molar-refractivity contribution in [3.8, 4) is 17.1 Å². The minimum atomic E-state index is 0.532. The first kappa shape index (κ1) is 17.2. The number of hydrogen-bond donors (Lipinski definition) is 0. The van der Waals surface area contributed by atoms with Gasteiger partial charge in [0.05, 0.1) is 6.54 Å². The van der Waals surface area contributed by atoms with E-state index >= 15 is 0 Å². The molecule has 0 saturated heterocycles. The first-order valence-corrected chi connectivity index (χ1v) is 8.35. The van der Waals surface area contributed by atoms with Crippen molar-refractivity contribution < 1.29 is 4.74 Å². The molecule has 25 heavy (non-hydrogen) atoms. The van der Waals surface area contributed by atoms with Gasteiger partial charge in [-0.3, -0.25) is 4.98 Å². The van der Waals surface area contributed by atoms with Gasteiger partial charge in [-0.15, -0.1) is 0 Å². The van der Waals surface area contributed by atoms with Crippen LogP contribution in [-0.4, -0.2) is 35.2 Å². The summed E-state index contributed by atoms with van der Waals surface area (Å²) in [5, 5.41) is 0.666. The Morgan fingerprint density at radius 1 is 1.08 bits per heavy atom. The Morgan fingerprint density at radius 2 is 1.88 bits per heavy atom. The van der Waals surface area contributed by atoms with Gasteiger partial charge in [-0.2, -0.15) is 0 Å². The number of nitrogens with zero attached hydrogens (tertiary/aromatic N) is 4. The summed E-state index contributed by atoms with van der Waals surface area (Å²) in [6.45, 7) is 3.19. The van der Waals surface area contributed by atoms with E-state index in [1.54, 1.807) is 18.5 Å². The molecule has 0 bridgehead atoms. The average molecular weight is 355 g/mol. The summed E-state index contributed by atoms with van der Waals surface area (Å²) < 4.78 is 5.75. The molecule has 128 valence electrons. The molecule has 1 aromatic carbocycles. The lowest BCUT2D eigenvalue weighted by molar-refractivity contribution is 0.325. The Labute approximate surface area is 152 Å². The number of aromatic nitrogens is 3. The molecule has 0 amide bonds. The van der Waals surface area contributed by atoms with Crippen LogP contribution in [0.3, 0.4) is 0 Å². The van der Waals surface area contributed by atoms with E-state index in [9.17, 15) is 0 Å². The fourth-order valence-electron chi connectivity index (χ4n) is 2.35. The van der Waals surface area contributed by atoms with E-state index in [-0.39, 0.29) is 0 Å². The van der Waals surface area contributed by atoms with Crippen LogP contribution in [0.25, 0.3) is 11.4 Å². The van der Waals surface area contributed by atoms with Gasteiger partial charge in [0.25, 0.3) is 0 Å². The quantitative estimate of drug-likeness (QED) is 0.669. The highest BCUT2D eigenvalue weighted by molar-refractivity contribution is 6.30. The molecule has 0 aliphatic carbocycles. The fourth-order valence-corrected chi connectivity index (χ4v) is 2.53. The summed E-state index contributed by atoms with van der Waals surface area (Å²) >= 11 is 5.96. The lowest BCUT2D eigenvalue weighted by Gasteiger charge is -2.19. The SMILES string of the molecule is Cc1cc(N(C)CCOc2cccc(Cl)c2)nc(-c2ccncc2)n1. The van der Waals surface area contributed by atoms with Crippen molar-refractivity contribution in [1.29, 1.82) is 0 Å². The Hall–Kier alpha value is -2.66. The monoisotopic (exact) mass is 354 g/mol. The summed E-state index contributed by atoms with van der Waals surface area (Å²) in [4.78, 5) is 15.2. The standard InChI is InChI=1S/C19H19ClN4O/c1-14-12-18(23-19(22-14)15-6-8-21-9-7-15)24(2)10-11-25-17-5-3-4-16(20)13-17/h3-9,12-13H,10-11H2,1-2H3. The second kappa shape index (κ2) is 7.94. The Balaban J connectivity index is 1.67. The summed E-state index contributed by atoms with van der Waals surface area (Å²) in [5.74, 6) is 2.31. The molecule has 0 atom stereocenters. The largest absolute Gasteiger partial charge is 0.492 e. The predicted molar refractivity (Wildman–Crippen MR) is 100 cm³/mol. The first-order valence-electron chi connectivity index (χ1n) is 7.97. The third-order valence-electron chi connectivity index (χ3n) is 3.66. The van der Waals surface area contributed by atoms with Crippen LogP contribution < -0.4 is 9.64 Å². The van der Waals surface area contributed by atoms with E-state index in [1.807, 2.05) is 55.3 Å². The Morgan fingerprint density at radius 3 is 2.64 bits per heavy atom. The second-order valence-corrected chi connectivity index (χ2v) is 6.09. The number of anilines is 1. The van der Waals surface area contributed by atoms with Crippen molar-refractivity contribution in [2.45, 2.75) is 6.92 Å². The molecule has 2 heterocycles. The van der Waals surface area contributed by atoms with Crippen LogP contribution in [0.1, 0.15) is 5.69 Å². The molecule has 0 saturated carbocycles. The summed E-state index contributed by atoms with van der Waals surface area (Å²) in [5.41, 5.74) is 1.86. The third-order valence-corrected chi connectivity index (χ3v) is 3.90. The number of rotatable bonds is 6. The number of halogens is 1. The number of aryl methyl sites for hydroxylation is 1. The minimum absolute atomic E-state index is 0.532. The van der Waals surface area contributed by atoms with Gasteiger partial charge in [-0.1, -0.05) is 17.7 Å². The van der Waals surface area contributed by atoms with Crippen molar-refractivity contribution in [2.75, 3.05) is 25.1 Å². The van der Waals surface area contributed by atoms with E-state index < -0.39 is 0 Å². The van der Waals surface area contributed by atoms with Gasteiger partial charge in [0.15, 0.2) is 5.82 Å². The smallest absolute Gasteiger partial charge is 0.161 e. The van der Waals surface area contributed by atoms with E-state index in [4.69, 9.17) is 16.3 Å². The zero-order chi connectivity index (χ0) is 17.6. The third kappa shape index (κ3) is 4.67. The molecular weight excluding hydrogens is 336 g/mol. The number of pyridine rings is 1. The molecule has 0 aliphatic rings. The van der Waals surface area contributed by atoms with Crippen LogP contribution in [0, 0.1) is 6.92 Å². The molecule has 5 nitrogen and oxygen atoms in total.